The number of carbonyl (C=O) groups excluding carboxylic acids is 1. The highest BCUT2D eigenvalue weighted by Crippen LogP contribution is 2.28. The third kappa shape index (κ3) is 5.38. The second kappa shape index (κ2) is 10.7. The van der Waals surface area contributed by atoms with Crippen molar-refractivity contribution in [2.24, 2.45) is 0 Å². The van der Waals surface area contributed by atoms with Gasteiger partial charge >= 0.3 is 6.09 Å². The summed E-state index contributed by atoms with van der Waals surface area (Å²) in [5, 5.41) is 8.85. The summed E-state index contributed by atoms with van der Waals surface area (Å²) in [5.74, 6) is 0.516. The fourth-order valence-corrected chi connectivity index (χ4v) is 4.72. The average molecular weight is 495 g/mol. The van der Waals surface area contributed by atoms with Crippen LogP contribution >= 0.6 is 0 Å². The average Bonchev–Trinajstić information content (AvgIpc) is 3.54. The summed E-state index contributed by atoms with van der Waals surface area (Å²) in [6.07, 6.45) is 6.80. The van der Waals surface area contributed by atoms with Crippen LogP contribution in [0.5, 0.6) is 5.88 Å². The fraction of sp³-hybridized carbons (Fsp3) is 0.538. The number of aromatic nitrogens is 4. The van der Waals surface area contributed by atoms with Crippen molar-refractivity contribution in [1.29, 1.82) is 0 Å². The second-order valence-electron chi connectivity index (χ2n) is 9.73. The van der Waals surface area contributed by atoms with Crippen molar-refractivity contribution in [3.8, 4) is 11.6 Å². The Bertz CT molecular complexity index is 1200. The van der Waals surface area contributed by atoms with Crippen LogP contribution in [-0.2, 0) is 9.47 Å². The van der Waals surface area contributed by atoms with E-state index in [1.807, 2.05) is 24.6 Å². The lowest BCUT2D eigenvalue weighted by Crippen LogP contribution is -2.42. The number of nitrogens with one attached hydrogen (secondary N) is 1. The first-order valence-electron chi connectivity index (χ1n) is 12.8. The Balaban J connectivity index is 1.26. The van der Waals surface area contributed by atoms with E-state index in [1.165, 1.54) is 6.33 Å². The first-order valence-corrected chi connectivity index (χ1v) is 12.8. The summed E-state index contributed by atoms with van der Waals surface area (Å²) < 4.78 is 19.1. The van der Waals surface area contributed by atoms with Gasteiger partial charge in [0.1, 0.15) is 17.8 Å². The summed E-state index contributed by atoms with van der Waals surface area (Å²) in [6, 6.07) is 6.23. The van der Waals surface area contributed by atoms with E-state index in [0.29, 0.717) is 37.5 Å². The maximum atomic E-state index is 12.2. The molecule has 1 atom stereocenters. The van der Waals surface area contributed by atoms with Crippen LogP contribution < -0.4 is 10.1 Å². The third-order valence-corrected chi connectivity index (χ3v) is 6.63. The first kappa shape index (κ1) is 24.3. The van der Waals surface area contributed by atoms with Crippen LogP contribution in [0.3, 0.4) is 0 Å². The lowest BCUT2D eigenvalue weighted by molar-refractivity contribution is 0.0511. The van der Waals surface area contributed by atoms with E-state index in [2.05, 4.69) is 39.4 Å². The van der Waals surface area contributed by atoms with Gasteiger partial charge in [0.25, 0.3) is 0 Å². The number of benzene rings is 1. The second-order valence-corrected chi connectivity index (χ2v) is 9.73. The van der Waals surface area contributed by atoms with Crippen molar-refractivity contribution in [3.05, 3.63) is 36.3 Å². The largest absolute Gasteiger partial charge is 0.474 e. The molecule has 2 aliphatic heterocycles. The van der Waals surface area contributed by atoms with E-state index in [1.54, 1.807) is 11.1 Å². The number of piperidine rings is 1. The maximum Gasteiger partial charge on any atom is 0.410 e. The summed E-state index contributed by atoms with van der Waals surface area (Å²) in [5.41, 5.74) is 3.79. The van der Waals surface area contributed by atoms with Crippen molar-refractivity contribution in [2.45, 2.75) is 64.8 Å². The van der Waals surface area contributed by atoms with Crippen LogP contribution in [0.25, 0.3) is 16.7 Å². The number of hydrogen-bond acceptors (Lipinski definition) is 8. The zero-order valence-electron chi connectivity index (χ0n) is 21.1. The van der Waals surface area contributed by atoms with Gasteiger partial charge in [0.15, 0.2) is 5.65 Å². The topological polar surface area (TPSA) is 104 Å². The molecule has 2 aromatic heterocycles. The van der Waals surface area contributed by atoms with Crippen molar-refractivity contribution >= 4 is 22.8 Å². The molecule has 0 spiro atoms. The molecule has 1 amide bonds. The predicted molar refractivity (Wildman–Crippen MR) is 136 cm³/mol. The smallest absolute Gasteiger partial charge is 0.410 e. The molecule has 10 nitrogen and oxygen atoms in total. The van der Waals surface area contributed by atoms with Gasteiger partial charge in [0.2, 0.25) is 5.88 Å². The molecule has 2 saturated heterocycles. The molecule has 0 aliphatic carbocycles. The van der Waals surface area contributed by atoms with E-state index in [4.69, 9.17) is 14.2 Å². The van der Waals surface area contributed by atoms with Gasteiger partial charge in [-0.15, -0.1) is 0 Å². The predicted octanol–water partition coefficient (Wildman–Crippen LogP) is 4.10. The highest BCUT2D eigenvalue weighted by atomic mass is 16.6. The maximum absolute atomic E-state index is 12.2. The number of likely N-dealkylation sites (tertiary alicyclic amines) is 1. The Morgan fingerprint density at radius 2 is 2.06 bits per heavy atom. The molecule has 3 aromatic rings. The summed E-state index contributed by atoms with van der Waals surface area (Å²) >= 11 is 0. The number of amides is 1. The Kier molecular flexibility index (Phi) is 7.22. The summed E-state index contributed by atoms with van der Waals surface area (Å²) in [7, 11) is 0. The number of anilines is 1. The van der Waals surface area contributed by atoms with Crippen LogP contribution in [0.4, 0.5) is 10.5 Å². The first-order chi connectivity index (χ1) is 17.5. The quantitative estimate of drug-likeness (QED) is 0.524. The van der Waals surface area contributed by atoms with Crippen LogP contribution in [-0.4, -0.2) is 75.3 Å². The number of fused-ring (bicyclic) bond motifs is 1. The highest BCUT2D eigenvalue weighted by Gasteiger charge is 2.26. The minimum atomic E-state index is -0.266. The Labute approximate surface area is 210 Å². The van der Waals surface area contributed by atoms with Crippen LogP contribution in [0.15, 0.2) is 30.7 Å². The molecule has 0 radical (unpaired) electrons. The summed E-state index contributed by atoms with van der Waals surface area (Å²) in [6.45, 7) is 8.64. The third-order valence-electron chi connectivity index (χ3n) is 6.63. The molecular formula is C26H34N6O4. The van der Waals surface area contributed by atoms with Gasteiger partial charge < -0.3 is 24.4 Å². The summed E-state index contributed by atoms with van der Waals surface area (Å²) in [4.78, 5) is 22.8. The van der Waals surface area contributed by atoms with Crippen LogP contribution in [0.2, 0.25) is 0 Å². The number of nitrogens with zero attached hydrogens (tertiary/aromatic N) is 5. The minimum absolute atomic E-state index is 0.0366. The molecule has 0 saturated carbocycles. The molecule has 0 bridgehead atoms. The van der Waals surface area contributed by atoms with Gasteiger partial charge in [-0.1, -0.05) is 0 Å². The normalized spacial score (nSPS) is 18.7. The standard InChI is InChI=1S/C26H34N6O4/c1-17(2)35-26(33)31-10-8-20(9-11-31)36-25-22-15-30-32(24(22)28-16-29-25)23-7-6-19(13-18(23)3)27-14-21-5-4-12-34-21/h6-7,13,15-17,20-21,27H,4-5,8-12,14H2,1-3H3. The Hall–Kier alpha value is -3.40. The molecule has 192 valence electrons. The van der Waals surface area contributed by atoms with Gasteiger partial charge in [-0.3, -0.25) is 0 Å². The molecule has 2 fully saturated rings. The lowest BCUT2D eigenvalue weighted by atomic mass is 10.1. The number of hydrogen-bond donors (Lipinski definition) is 1. The van der Waals surface area contributed by atoms with Crippen LogP contribution in [0.1, 0.15) is 45.1 Å². The molecule has 5 rings (SSSR count). The molecular weight excluding hydrogens is 460 g/mol. The van der Waals surface area contributed by atoms with Crippen LogP contribution in [0, 0.1) is 6.92 Å². The van der Waals surface area contributed by atoms with E-state index >= 15 is 0 Å². The van der Waals surface area contributed by atoms with Crippen molar-refractivity contribution < 1.29 is 19.0 Å². The van der Waals surface area contributed by atoms with Gasteiger partial charge in [0, 0.05) is 44.8 Å². The van der Waals surface area contributed by atoms with E-state index < -0.39 is 0 Å². The number of ether oxygens (including phenoxy) is 3. The lowest BCUT2D eigenvalue weighted by Gasteiger charge is -2.31. The molecule has 10 heteroatoms. The Morgan fingerprint density at radius 1 is 1.22 bits per heavy atom. The minimum Gasteiger partial charge on any atom is -0.474 e. The highest BCUT2D eigenvalue weighted by molar-refractivity contribution is 5.81. The molecule has 36 heavy (non-hydrogen) atoms. The molecule has 1 N–H and O–H groups in total. The monoisotopic (exact) mass is 494 g/mol. The zero-order chi connectivity index (χ0) is 25.1. The zero-order valence-corrected chi connectivity index (χ0v) is 21.1. The SMILES string of the molecule is Cc1cc(NCC2CCCO2)ccc1-n1ncc2c(OC3CCN(C(=O)OC(C)C)CC3)ncnc21. The fourth-order valence-electron chi connectivity index (χ4n) is 4.72. The number of carbonyl (C=O) groups is 1. The Morgan fingerprint density at radius 3 is 2.78 bits per heavy atom. The molecule has 1 aromatic carbocycles. The van der Waals surface area contributed by atoms with Gasteiger partial charge in [-0.05, 0) is 57.4 Å². The van der Waals surface area contributed by atoms with E-state index in [9.17, 15) is 4.79 Å². The van der Waals surface area contributed by atoms with Crippen molar-refractivity contribution in [3.63, 3.8) is 0 Å². The van der Waals surface area contributed by atoms with E-state index in [0.717, 1.165) is 48.3 Å². The number of aryl methyl sites for hydroxylation is 1. The van der Waals surface area contributed by atoms with Crippen molar-refractivity contribution in [2.75, 3.05) is 31.6 Å². The van der Waals surface area contributed by atoms with Gasteiger partial charge in [0.05, 0.1) is 24.1 Å². The molecule has 4 heterocycles. The molecule has 1 unspecified atom stereocenters. The van der Waals surface area contributed by atoms with Gasteiger partial charge in [-0.25, -0.2) is 19.4 Å². The number of rotatable bonds is 7. The molecule has 2 aliphatic rings. The van der Waals surface area contributed by atoms with Gasteiger partial charge in [-0.2, -0.15) is 5.10 Å². The van der Waals surface area contributed by atoms with Crippen molar-refractivity contribution in [1.82, 2.24) is 24.6 Å². The van der Waals surface area contributed by atoms with E-state index in [-0.39, 0.29) is 24.4 Å².